The monoisotopic (exact) mass is 369 g/mol. The van der Waals surface area contributed by atoms with Gasteiger partial charge in [-0.25, -0.2) is 8.42 Å². The Bertz CT molecular complexity index is 904. The van der Waals surface area contributed by atoms with Gasteiger partial charge in [-0.1, -0.05) is 55.5 Å². The molecule has 136 valence electrons. The summed E-state index contributed by atoms with van der Waals surface area (Å²) in [6.45, 7) is 2.08. The minimum absolute atomic E-state index is 0.00466. The molecule has 1 N–H and O–H groups in total. The summed E-state index contributed by atoms with van der Waals surface area (Å²) >= 11 is 0. The van der Waals surface area contributed by atoms with E-state index in [9.17, 15) is 13.2 Å². The number of rotatable bonds is 5. The van der Waals surface area contributed by atoms with Crippen molar-refractivity contribution >= 4 is 15.7 Å². The summed E-state index contributed by atoms with van der Waals surface area (Å²) in [4.78, 5) is 12.1. The molecule has 0 spiro atoms. The Morgan fingerprint density at radius 3 is 2.08 bits per heavy atom. The van der Waals surface area contributed by atoms with E-state index in [0.717, 1.165) is 6.42 Å². The van der Waals surface area contributed by atoms with Crippen LogP contribution >= 0.6 is 0 Å². The number of benzene rings is 2. The molecule has 0 heterocycles. The Hall–Kier alpha value is -2.14. The minimum atomic E-state index is -3.29. The highest BCUT2D eigenvalue weighted by Gasteiger charge is 2.42. The largest absolute Gasteiger partial charge is 0.355 e. The third-order valence-electron chi connectivity index (χ3n) is 5.78. The molecule has 0 saturated carbocycles. The third-order valence-corrected chi connectivity index (χ3v) is 7.36. The van der Waals surface area contributed by atoms with Gasteiger partial charge in [-0.3, -0.25) is 4.79 Å². The van der Waals surface area contributed by atoms with E-state index in [1.807, 2.05) is 0 Å². The van der Waals surface area contributed by atoms with Gasteiger partial charge in [0.25, 0.3) is 0 Å². The minimum Gasteiger partial charge on any atom is -0.355 e. The molecule has 2 aromatic rings. The number of sulfone groups is 1. The SMILES string of the molecule is CCS(=O)(=O)CC(=O)NC[C@@H]1CC2c3ccccc3C1c1ccccc12. The summed E-state index contributed by atoms with van der Waals surface area (Å²) in [7, 11) is -3.29. The van der Waals surface area contributed by atoms with E-state index in [4.69, 9.17) is 0 Å². The maximum absolute atomic E-state index is 12.1. The van der Waals surface area contributed by atoms with E-state index in [1.165, 1.54) is 22.3 Å². The van der Waals surface area contributed by atoms with Gasteiger partial charge in [0.15, 0.2) is 9.84 Å². The molecule has 1 amide bonds. The van der Waals surface area contributed by atoms with Crippen LogP contribution in [-0.2, 0) is 14.6 Å². The van der Waals surface area contributed by atoms with Gasteiger partial charge in [-0.15, -0.1) is 0 Å². The van der Waals surface area contributed by atoms with Crippen molar-refractivity contribution in [3.05, 3.63) is 70.8 Å². The van der Waals surface area contributed by atoms with E-state index in [2.05, 4.69) is 53.8 Å². The van der Waals surface area contributed by atoms with Gasteiger partial charge in [0.05, 0.1) is 0 Å². The second-order valence-electron chi connectivity index (χ2n) is 7.26. The molecule has 0 fully saturated rings. The fourth-order valence-corrected chi connectivity index (χ4v) is 5.26. The number of amides is 1. The summed E-state index contributed by atoms with van der Waals surface area (Å²) < 4.78 is 23.3. The van der Waals surface area contributed by atoms with Crippen molar-refractivity contribution in [1.82, 2.24) is 5.32 Å². The normalized spacial score (nSPS) is 23.2. The number of nitrogens with one attached hydrogen (secondary N) is 1. The van der Waals surface area contributed by atoms with Crippen LogP contribution in [0.4, 0.5) is 0 Å². The zero-order valence-electron chi connectivity index (χ0n) is 14.8. The van der Waals surface area contributed by atoms with Crippen LogP contribution in [0.3, 0.4) is 0 Å². The van der Waals surface area contributed by atoms with E-state index in [0.29, 0.717) is 12.5 Å². The van der Waals surface area contributed by atoms with Crippen molar-refractivity contribution in [2.45, 2.75) is 25.2 Å². The smallest absolute Gasteiger partial charge is 0.235 e. The van der Waals surface area contributed by atoms with Gasteiger partial charge in [-0.2, -0.15) is 0 Å². The van der Waals surface area contributed by atoms with Crippen LogP contribution < -0.4 is 5.32 Å². The third kappa shape index (κ3) is 2.94. The van der Waals surface area contributed by atoms with Crippen LogP contribution in [0.15, 0.2) is 48.5 Å². The fraction of sp³-hybridized carbons (Fsp3) is 0.381. The van der Waals surface area contributed by atoms with E-state index in [-0.39, 0.29) is 17.6 Å². The first-order chi connectivity index (χ1) is 12.5. The molecule has 0 aromatic heterocycles. The Morgan fingerprint density at radius 1 is 1.00 bits per heavy atom. The van der Waals surface area contributed by atoms with Crippen molar-refractivity contribution in [3.63, 3.8) is 0 Å². The zero-order valence-corrected chi connectivity index (χ0v) is 15.6. The van der Waals surface area contributed by atoms with Gasteiger partial charge < -0.3 is 5.32 Å². The highest BCUT2D eigenvalue weighted by molar-refractivity contribution is 7.92. The highest BCUT2D eigenvalue weighted by Crippen LogP contribution is 2.55. The Balaban J connectivity index is 1.58. The Labute approximate surface area is 154 Å². The Kier molecular flexibility index (Phi) is 4.35. The first-order valence-electron chi connectivity index (χ1n) is 9.15. The Morgan fingerprint density at radius 2 is 1.54 bits per heavy atom. The first-order valence-corrected chi connectivity index (χ1v) is 11.0. The number of hydrogen-bond donors (Lipinski definition) is 1. The number of hydrogen-bond acceptors (Lipinski definition) is 3. The number of carbonyl (C=O) groups excluding carboxylic acids is 1. The van der Waals surface area contributed by atoms with Crippen molar-refractivity contribution in [3.8, 4) is 0 Å². The molecule has 5 heteroatoms. The van der Waals surface area contributed by atoms with Crippen LogP contribution in [0.2, 0.25) is 0 Å². The molecule has 26 heavy (non-hydrogen) atoms. The topological polar surface area (TPSA) is 63.2 Å². The number of carbonyl (C=O) groups is 1. The van der Waals surface area contributed by atoms with Gasteiger partial charge in [0.1, 0.15) is 5.75 Å². The molecule has 0 aliphatic heterocycles. The summed E-state index contributed by atoms with van der Waals surface area (Å²) in [5.41, 5.74) is 5.49. The summed E-state index contributed by atoms with van der Waals surface area (Å²) in [5.74, 6) is 0.0874. The fourth-order valence-electron chi connectivity index (χ4n) is 4.56. The summed E-state index contributed by atoms with van der Waals surface area (Å²) in [6, 6.07) is 17.1. The van der Waals surface area contributed by atoms with Gasteiger partial charge in [0.2, 0.25) is 5.91 Å². The molecule has 4 nitrogen and oxygen atoms in total. The van der Waals surface area contributed by atoms with Crippen LogP contribution in [0.25, 0.3) is 0 Å². The lowest BCUT2D eigenvalue weighted by Crippen LogP contribution is -2.41. The zero-order chi connectivity index (χ0) is 18.3. The predicted molar refractivity (Wildman–Crippen MR) is 102 cm³/mol. The van der Waals surface area contributed by atoms with Gasteiger partial charge >= 0.3 is 0 Å². The lowest BCUT2D eigenvalue weighted by molar-refractivity contribution is -0.118. The maximum Gasteiger partial charge on any atom is 0.235 e. The average Bonchev–Trinajstić information content (AvgIpc) is 2.66. The van der Waals surface area contributed by atoms with Crippen LogP contribution in [0.1, 0.15) is 47.4 Å². The standard InChI is InChI=1S/C21H23NO3S/c1-2-26(24,25)13-20(23)22-12-14-11-19-15-7-3-5-9-17(15)21(14)18-10-6-4-8-16(18)19/h3-10,14,19,21H,2,11-13H2,1H3,(H,22,23)/t14-,19?,21?/m0/s1. The second-order valence-corrected chi connectivity index (χ2v) is 9.62. The van der Waals surface area contributed by atoms with Crippen molar-refractivity contribution in [1.29, 1.82) is 0 Å². The van der Waals surface area contributed by atoms with Gasteiger partial charge in [-0.05, 0) is 34.6 Å². The summed E-state index contributed by atoms with van der Waals surface area (Å²) in [5, 5.41) is 2.87. The second kappa shape index (κ2) is 6.54. The highest BCUT2D eigenvalue weighted by atomic mass is 32.2. The molecule has 3 aliphatic rings. The van der Waals surface area contributed by atoms with Crippen LogP contribution in [0, 0.1) is 5.92 Å². The molecule has 0 radical (unpaired) electrons. The van der Waals surface area contributed by atoms with E-state index >= 15 is 0 Å². The average molecular weight is 369 g/mol. The quantitative estimate of drug-likeness (QED) is 0.881. The first kappa shape index (κ1) is 17.3. The molecule has 0 saturated heterocycles. The molecular weight excluding hydrogens is 346 g/mol. The molecule has 2 bridgehead atoms. The van der Waals surface area contributed by atoms with E-state index in [1.54, 1.807) is 6.92 Å². The van der Waals surface area contributed by atoms with Crippen LogP contribution in [-0.4, -0.2) is 32.4 Å². The van der Waals surface area contributed by atoms with Crippen molar-refractivity contribution in [2.24, 2.45) is 5.92 Å². The van der Waals surface area contributed by atoms with Crippen molar-refractivity contribution in [2.75, 3.05) is 18.1 Å². The molecule has 2 aromatic carbocycles. The van der Waals surface area contributed by atoms with E-state index < -0.39 is 21.5 Å². The molecule has 1 atom stereocenters. The molecule has 0 unspecified atom stereocenters. The number of fused-ring (bicyclic) bond motifs is 1. The molecular formula is C21H23NO3S. The predicted octanol–water partition coefficient (Wildman–Crippen LogP) is 2.83. The maximum atomic E-state index is 12.1. The molecule has 3 aliphatic carbocycles. The lowest BCUT2D eigenvalue weighted by Gasteiger charge is -2.45. The van der Waals surface area contributed by atoms with Gasteiger partial charge in [0, 0.05) is 24.1 Å². The summed E-state index contributed by atoms with van der Waals surface area (Å²) in [6.07, 6.45) is 0.986. The molecule has 5 rings (SSSR count). The van der Waals surface area contributed by atoms with Crippen LogP contribution in [0.5, 0.6) is 0 Å². The lowest BCUT2D eigenvalue weighted by atomic mass is 9.59. The van der Waals surface area contributed by atoms with Crippen molar-refractivity contribution < 1.29 is 13.2 Å².